The van der Waals surface area contributed by atoms with Crippen LogP contribution >= 0.6 is 0 Å². The molecule has 0 aliphatic carbocycles. The summed E-state index contributed by atoms with van der Waals surface area (Å²) in [6, 6.07) is 0. The number of aliphatic hydroxyl groups is 1. The Bertz CT molecular complexity index is 360. The molecule has 0 saturated heterocycles. The predicted octanol–water partition coefficient (Wildman–Crippen LogP) is 2.16. The molecule has 0 aromatic heterocycles. The van der Waals surface area contributed by atoms with Crippen LogP contribution in [0.25, 0.3) is 0 Å². The van der Waals surface area contributed by atoms with Crippen molar-refractivity contribution in [2.75, 3.05) is 5.75 Å². The molecule has 0 saturated carbocycles. The fraction of sp³-hybridized carbons (Fsp3) is 1.00. The monoisotopic (exact) mass is 386 g/mol. The Morgan fingerprint density at radius 3 is 1.36 bits per heavy atom. The fourth-order valence-electron chi connectivity index (χ4n) is 3.07. The average molecular weight is 387 g/mol. The van der Waals surface area contributed by atoms with E-state index in [1.165, 1.54) is 77.0 Å². The normalized spacial score (nSPS) is 12.8. The van der Waals surface area contributed by atoms with E-state index in [2.05, 4.69) is 6.92 Å². The van der Waals surface area contributed by atoms with E-state index in [-0.39, 0.29) is 29.6 Å². The van der Waals surface area contributed by atoms with Gasteiger partial charge in [0.1, 0.15) is 0 Å². The topological polar surface area (TPSA) is 77.4 Å². The van der Waals surface area contributed by atoms with Crippen molar-refractivity contribution < 1.29 is 47.6 Å². The molecule has 0 aliphatic heterocycles. The Morgan fingerprint density at radius 1 is 0.720 bits per heavy atom. The van der Waals surface area contributed by atoms with E-state index in [4.69, 9.17) is 0 Å². The van der Waals surface area contributed by atoms with E-state index in [9.17, 15) is 18.1 Å². The van der Waals surface area contributed by atoms with Gasteiger partial charge in [0.15, 0.2) is 0 Å². The van der Waals surface area contributed by atoms with Crippen molar-refractivity contribution in [1.82, 2.24) is 0 Å². The maximum Gasteiger partial charge on any atom is 1.00 e. The maximum atomic E-state index is 10.5. The number of rotatable bonds is 18. The van der Waals surface area contributed by atoms with Gasteiger partial charge in [-0.15, -0.1) is 0 Å². The first-order valence-corrected chi connectivity index (χ1v) is 11.6. The van der Waals surface area contributed by atoms with Crippen LogP contribution in [0.3, 0.4) is 0 Å². The summed E-state index contributed by atoms with van der Waals surface area (Å²) in [5.41, 5.74) is 0. The summed E-state index contributed by atoms with van der Waals surface area (Å²) >= 11 is 0. The van der Waals surface area contributed by atoms with Crippen LogP contribution in [0, 0.1) is 0 Å². The minimum absolute atomic E-state index is 0. The van der Waals surface area contributed by atoms with Gasteiger partial charge in [0.2, 0.25) is 0 Å². The fourth-order valence-corrected chi connectivity index (χ4v) is 3.71. The Morgan fingerprint density at radius 2 is 1.04 bits per heavy atom. The van der Waals surface area contributed by atoms with Crippen molar-refractivity contribution in [2.24, 2.45) is 0 Å². The van der Waals surface area contributed by atoms with Crippen LogP contribution in [-0.4, -0.2) is 29.9 Å². The van der Waals surface area contributed by atoms with E-state index in [1.807, 2.05) is 0 Å². The molecule has 0 rings (SSSR count). The van der Waals surface area contributed by atoms with Gasteiger partial charge in [0.25, 0.3) is 0 Å². The molecule has 0 radical (unpaired) electrons. The average Bonchev–Trinajstić information content (AvgIpc) is 2.49. The first-order valence-electron chi connectivity index (χ1n) is 10.1. The molecular weight excluding hydrogens is 347 g/mol. The largest absolute Gasteiger partial charge is 1.00 e. The number of hydrogen-bond acceptors (Lipinski definition) is 4. The Kier molecular flexibility index (Phi) is 22.0. The molecule has 0 amide bonds. The van der Waals surface area contributed by atoms with E-state index in [0.29, 0.717) is 6.42 Å². The molecule has 4 nitrogen and oxygen atoms in total. The molecule has 0 aliphatic rings. The molecule has 0 aromatic rings. The van der Waals surface area contributed by atoms with E-state index < -0.39 is 22.0 Å². The first-order chi connectivity index (χ1) is 11.5. The van der Waals surface area contributed by atoms with Gasteiger partial charge in [-0.3, -0.25) is 0 Å². The molecular formula is C19H39NaO4S. The van der Waals surface area contributed by atoms with Gasteiger partial charge < -0.3 is 9.66 Å². The van der Waals surface area contributed by atoms with Crippen LogP contribution in [0.2, 0.25) is 0 Å². The Hall–Kier alpha value is 0.870. The summed E-state index contributed by atoms with van der Waals surface area (Å²) in [7, 11) is -4.29. The van der Waals surface area contributed by atoms with Crippen LogP contribution in [0.1, 0.15) is 110 Å². The van der Waals surface area contributed by atoms with E-state index in [1.54, 1.807) is 0 Å². The summed E-state index contributed by atoms with van der Waals surface area (Å²) < 4.78 is 31.5. The van der Waals surface area contributed by atoms with Crippen LogP contribution in [0.15, 0.2) is 0 Å². The van der Waals surface area contributed by atoms with E-state index >= 15 is 0 Å². The van der Waals surface area contributed by atoms with Crippen LogP contribution in [-0.2, 0) is 10.1 Å². The third-order valence-corrected chi connectivity index (χ3v) is 5.33. The van der Waals surface area contributed by atoms with E-state index in [0.717, 1.165) is 19.3 Å². The second-order valence-electron chi connectivity index (χ2n) is 7.12. The minimum Gasteiger partial charge on any atom is -0.748 e. The quantitative estimate of drug-likeness (QED) is 0.222. The Labute approximate surface area is 178 Å². The second-order valence-corrected chi connectivity index (χ2v) is 8.57. The standard InChI is InChI=1S/C19H40O4S.Na/c1-2-3-4-5-6-7-8-9-10-11-12-13-14-15-16-17-19(20)18-24(21,22)23;/h19-20H,2-18H2,1H3,(H,21,22,23);/q;+1/p-1. The van der Waals surface area contributed by atoms with Crippen LogP contribution in [0.4, 0.5) is 0 Å². The van der Waals surface area contributed by atoms with Crippen molar-refractivity contribution in [3.63, 3.8) is 0 Å². The first kappa shape index (κ1) is 28.1. The number of aliphatic hydroxyl groups excluding tert-OH is 1. The van der Waals surface area contributed by atoms with Crippen molar-refractivity contribution in [3.8, 4) is 0 Å². The van der Waals surface area contributed by atoms with Gasteiger partial charge in [0, 0.05) is 0 Å². The summed E-state index contributed by atoms with van der Waals surface area (Å²) in [5, 5.41) is 9.41. The van der Waals surface area contributed by atoms with Gasteiger partial charge in [-0.1, -0.05) is 103 Å². The zero-order valence-corrected chi connectivity index (χ0v) is 19.5. The van der Waals surface area contributed by atoms with Crippen molar-refractivity contribution in [3.05, 3.63) is 0 Å². The van der Waals surface area contributed by atoms with Crippen molar-refractivity contribution in [1.29, 1.82) is 0 Å². The molecule has 0 heterocycles. The Balaban J connectivity index is 0. The minimum atomic E-state index is -4.29. The molecule has 146 valence electrons. The summed E-state index contributed by atoms with van der Waals surface area (Å²) in [6.07, 6.45) is 18.6. The second kappa shape index (κ2) is 19.6. The summed E-state index contributed by atoms with van der Waals surface area (Å²) in [5.74, 6) is -0.647. The predicted molar refractivity (Wildman–Crippen MR) is 100 cm³/mol. The summed E-state index contributed by atoms with van der Waals surface area (Å²) in [6.45, 7) is 2.25. The zero-order valence-electron chi connectivity index (χ0n) is 16.7. The van der Waals surface area contributed by atoms with Crippen LogP contribution < -0.4 is 29.6 Å². The van der Waals surface area contributed by atoms with Gasteiger partial charge in [0.05, 0.1) is 22.0 Å². The van der Waals surface area contributed by atoms with Gasteiger partial charge >= 0.3 is 29.6 Å². The smallest absolute Gasteiger partial charge is 0.748 e. The molecule has 25 heavy (non-hydrogen) atoms. The summed E-state index contributed by atoms with van der Waals surface area (Å²) in [4.78, 5) is 0. The van der Waals surface area contributed by atoms with Crippen LogP contribution in [0.5, 0.6) is 0 Å². The third-order valence-electron chi connectivity index (χ3n) is 4.54. The maximum absolute atomic E-state index is 10.5. The molecule has 1 N–H and O–H groups in total. The molecule has 0 spiro atoms. The molecule has 6 heteroatoms. The molecule has 1 atom stereocenters. The van der Waals surface area contributed by atoms with Crippen molar-refractivity contribution in [2.45, 2.75) is 116 Å². The molecule has 1 unspecified atom stereocenters. The molecule has 0 aromatic carbocycles. The zero-order chi connectivity index (χ0) is 18.1. The van der Waals surface area contributed by atoms with Gasteiger partial charge in [-0.25, -0.2) is 8.42 Å². The van der Waals surface area contributed by atoms with Gasteiger partial charge in [-0.05, 0) is 6.42 Å². The van der Waals surface area contributed by atoms with Gasteiger partial charge in [-0.2, -0.15) is 0 Å². The third kappa shape index (κ3) is 24.9. The SMILES string of the molecule is CCCCCCCCCCCCCCCCCC(O)CS(=O)(=O)[O-].[Na+]. The molecule has 0 fully saturated rings. The number of hydrogen-bond donors (Lipinski definition) is 1. The molecule has 0 bridgehead atoms. The van der Waals surface area contributed by atoms with Crippen molar-refractivity contribution >= 4 is 10.1 Å². The number of unbranched alkanes of at least 4 members (excludes halogenated alkanes) is 14.